The van der Waals surface area contributed by atoms with Gasteiger partial charge in [-0.25, -0.2) is 0 Å². The third-order valence-corrected chi connectivity index (χ3v) is 2.93. The number of rotatable bonds is 3. The van der Waals surface area contributed by atoms with E-state index in [1.165, 1.54) is 11.1 Å². The van der Waals surface area contributed by atoms with Gasteiger partial charge < -0.3 is 0 Å². The standard InChI is InChI=1S/C15H13N3/c1-2-6-13(7-3-1)10-14-8-4-5-9-15(14)18-11-16-17-12-18/h1-9,11-12H,10H2. The minimum atomic E-state index is 0.912. The molecule has 0 spiro atoms. The Kier molecular flexibility index (Phi) is 2.88. The first-order valence-corrected chi connectivity index (χ1v) is 5.90. The molecule has 0 amide bonds. The van der Waals surface area contributed by atoms with Crippen LogP contribution in [0.15, 0.2) is 67.3 Å². The molecule has 3 nitrogen and oxygen atoms in total. The quantitative estimate of drug-likeness (QED) is 0.699. The smallest absolute Gasteiger partial charge is 0.123 e. The van der Waals surface area contributed by atoms with Gasteiger partial charge in [0.15, 0.2) is 0 Å². The first-order chi connectivity index (χ1) is 8.93. The first-order valence-electron chi connectivity index (χ1n) is 5.90. The number of hydrogen-bond donors (Lipinski definition) is 0. The molecule has 0 unspecified atom stereocenters. The summed E-state index contributed by atoms with van der Waals surface area (Å²) in [4.78, 5) is 0. The molecule has 0 aliphatic rings. The number of hydrogen-bond acceptors (Lipinski definition) is 2. The minimum absolute atomic E-state index is 0.912. The highest BCUT2D eigenvalue weighted by Crippen LogP contribution is 2.17. The van der Waals surface area contributed by atoms with Crippen LogP contribution >= 0.6 is 0 Å². The van der Waals surface area contributed by atoms with Crippen LogP contribution in [-0.2, 0) is 6.42 Å². The molecule has 0 radical (unpaired) electrons. The van der Waals surface area contributed by atoms with Crippen LogP contribution in [0, 0.1) is 0 Å². The van der Waals surface area contributed by atoms with Gasteiger partial charge in [-0.3, -0.25) is 4.57 Å². The third-order valence-electron chi connectivity index (χ3n) is 2.93. The molecule has 3 rings (SSSR count). The van der Waals surface area contributed by atoms with E-state index < -0.39 is 0 Å². The Hall–Kier alpha value is -2.42. The number of benzene rings is 2. The molecular formula is C15H13N3. The van der Waals surface area contributed by atoms with Crippen LogP contribution in [0.25, 0.3) is 5.69 Å². The monoisotopic (exact) mass is 235 g/mol. The Morgan fingerprint density at radius 2 is 1.44 bits per heavy atom. The van der Waals surface area contributed by atoms with Gasteiger partial charge in [0.25, 0.3) is 0 Å². The van der Waals surface area contributed by atoms with Gasteiger partial charge in [0.05, 0.1) is 5.69 Å². The molecular weight excluding hydrogens is 222 g/mol. The summed E-state index contributed by atoms with van der Waals surface area (Å²) in [5, 5.41) is 7.72. The van der Waals surface area contributed by atoms with Gasteiger partial charge in [-0.05, 0) is 23.6 Å². The lowest BCUT2D eigenvalue weighted by atomic mass is 10.0. The van der Waals surface area contributed by atoms with E-state index >= 15 is 0 Å². The zero-order valence-corrected chi connectivity index (χ0v) is 9.90. The van der Waals surface area contributed by atoms with Crippen LogP contribution in [0.1, 0.15) is 11.1 Å². The maximum atomic E-state index is 3.86. The van der Waals surface area contributed by atoms with Gasteiger partial charge in [0.2, 0.25) is 0 Å². The van der Waals surface area contributed by atoms with Gasteiger partial charge in [-0.1, -0.05) is 48.5 Å². The molecule has 0 saturated carbocycles. The Morgan fingerprint density at radius 1 is 0.778 bits per heavy atom. The molecule has 88 valence electrons. The summed E-state index contributed by atoms with van der Waals surface area (Å²) in [7, 11) is 0. The Morgan fingerprint density at radius 3 is 2.22 bits per heavy atom. The Labute approximate surface area is 106 Å². The minimum Gasteiger partial charge on any atom is -0.288 e. The predicted molar refractivity (Wildman–Crippen MR) is 70.6 cm³/mol. The fourth-order valence-electron chi connectivity index (χ4n) is 2.05. The van der Waals surface area contributed by atoms with E-state index in [1.54, 1.807) is 12.7 Å². The SMILES string of the molecule is c1ccc(Cc2ccccc2-n2cnnc2)cc1. The van der Waals surface area contributed by atoms with Crippen molar-refractivity contribution in [3.63, 3.8) is 0 Å². The summed E-state index contributed by atoms with van der Waals surface area (Å²) >= 11 is 0. The molecule has 0 aliphatic heterocycles. The van der Waals surface area contributed by atoms with Crippen molar-refractivity contribution in [3.05, 3.63) is 78.4 Å². The first kappa shape index (κ1) is 10.7. The second-order valence-electron chi connectivity index (χ2n) is 4.16. The summed E-state index contributed by atoms with van der Waals surface area (Å²) in [5.74, 6) is 0. The van der Waals surface area contributed by atoms with Gasteiger partial charge >= 0.3 is 0 Å². The lowest BCUT2D eigenvalue weighted by Crippen LogP contribution is -1.98. The average Bonchev–Trinajstić information content (AvgIpc) is 2.94. The molecule has 3 aromatic rings. The molecule has 1 aromatic heterocycles. The van der Waals surface area contributed by atoms with E-state index in [0.29, 0.717) is 0 Å². The molecule has 0 saturated heterocycles. The van der Waals surface area contributed by atoms with Crippen molar-refractivity contribution in [2.45, 2.75) is 6.42 Å². The predicted octanol–water partition coefficient (Wildman–Crippen LogP) is 2.86. The van der Waals surface area contributed by atoms with Crippen molar-refractivity contribution in [1.29, 1.82) is 0 Å². The summed E-state index contributed by atoms with van der Waals surface area (Å²) in [6.07, 6.45) is 4.36. The molecule has 0 aliphatic carbocycles. The maximum absolute atomic E-state index is 3.86. The topological polar surface area (TPSA) is 30.7 Å². The van der Waals surface area contributed by atoms with Crippen molar-refractivity contribution in [2.24, 2.45) is 0 Å². The lowest BCUT2D eigenvalue weighted by molar-refractivity contribution is 1.01. The lowest BCUT2D eigenvalue weighted by Gasteiger charge is -2.09. The molecule has 18 heavy (non-hydrogen) atoms. The summed E-state index contributed by atoms with van der Waals surface area (Å²) in [6.45, 7) is 0. The highest BCUT2D eigenvalue weighted by Gasteiger charge is 2.04. The summed E-state index contributed by atoms with van der Waals surface area (Å²) in [6, 6.07) is 18.8. The Bertz CT molecular complexity index is 615. The fraction of sp³-hybridized carbons (Fsp3) is 0.0667. The van der Waals surface area contributed by atoms with E-state index in [1.807, 2.05) is 16.7 Å². The van der Waals surface area contributed by atoms with E-state index in [9.17, 15) is 0 Å². The van der Waals surface area contributed by atoms with Gasteiger partial charge in [-0.15, -0.1) is 10.2 Å². The molecule has 0 bridgehead atoms. The van der Waals surface area contributed by atoms with E-state index in [2.05, 4.69) is 52.7 Å². The van der Waals surface area contributed by atoms with Crippen molar-refractivity contribution >= 4 is 0 Å². The highest BCUT2D eigenvalue weighted by atomic mass is 15.2. The molecule has 3 heteroatoms. The van der Waals surface area contributed by atoms with Crippen LogP contribution in [0.5, 0.6) is 0 Å². The van der Waals surface area contributed by atoms with E-state index in [0.717, 1.165) is 12.1 Å². The van der Waals surface area contributed by atoms with Crippen LogP contribution in [0.3, 0.4) is 0 Å². The summed E-state index contributed by atoms with van der Waals surface area (Å²) < 4.78 is 1.94. The zero-order valence-electron chi connectivity index (χ0n) is 9.90. The summed E-state index contributed by atoms with van der Waals surface area (Å²) in [5.41, 5.74) is 3.70. The van der Waals surface area contributed by atoms with Crippen LogP contribution in [-0.4, -0.2) is 14.8 Å². The fourth-order valence-corrected chi connectivity index (χ4v) is 2.05. The van der Waals surface area contributed by atoms with Crippen LogP contribution in [0.4, 0.5) is 0 Å². The van der Waals surface area contributed by atoms with Gasteiger partial charge in [0, 0.05) is 0 Å². The normalized spacial score (nSPS) is 10.4. The Balaban J connectivity index is 1.98. The average molecular weight is 235 g/mol. The van der Waals surface area contributed by atoms with Gasteiger partial charge in [-0.2, -0.15) is 0 Å². The van der Waals surface area contributed by atoms with Crippen molar-refractivity contribution in [3.8, 4) is 5.69 Å². The second-order valence-corrected chi connectivity index (χ2v) is 4.16. The number of nitrogens with zero attached hydrogens (tertiary/aromatic N) is 3. The largest absolute Gasteiger partial charge is 0.288 e. The molecule has 0 atom stereocenters. The van der Waals surface area contributed by atoms with E-state index in [-0.39, 0.29) is 0 Å². The van der Waals surface area contributed by atoms with Gasteiger partial charge in [0.1, 0.15) is 12.7 Å². The third kappa shape index (κ3) is 2.15. The number of para-hydroxylation sites is 1. The highest BCUT2D eigenvalue weighted by molar-refractivity contribution is 5.43. The molecule has 0 N–H and O–H groups in total. The van der Waals surface area contributed by atoms with Crippen LogP contribution in [0.2, 0.25) is 0 Å². The van der Waals surface area contributed by atoms with Crippen molar-refractivity contribution in [2.75, 3.05) is 0 Å². The molecule has 2 aromatic carbocycles. The van der Waals surface area contributed by atoms with E-state index in [4.69, 9.17) is 0 Å². The second kappa shape index (κ2) is 4.84. The maximum Gasteiger partial charge on any atom is 0.123 e. The molecule has 0 fully saturated rings. The number of aromatic nitrogens is 3. The molecule has 1 heterocycles. The zero-order chi connectivity index (χ0) is 12.2. The van der Waals surface area contributed by atoms with Crippen molar-refractivity contribution in [1.82, 2.24) is 14.8 Å². The van der Waals surface area contributed by atoms with Crippen molar-refractivity contribution < 1.29 is 0 Å². The van der Waals surface area contributed by atoms with Crippen LogP contribution < -0.4 is 0 Å².